The van der Waals surface area contributed by atoms with E-state index in [0.29, 0.717) is 0 Å². The maximum atomic E-state index is 13.6. The van der Waals surface area contributed by atoms with E-state index < -0.39 is 16.8 Å². The van der Waals surface area contributed by atoms with Gasteiger partial charge in [-0.2, -0.15) is 4.98 Å². The molecule has 1 fully saturated rings. The number of rotatable bonds is 3. The molecule has 4 aromatic rings. The quantitative estimate of drug-likeness (QED) is 0.529. The number of hydrogen-bond acceptors (Lipinski definition) is 5. The van der Waals surface area contributed by atoms with Crippen LogP contribution in [0.4, 0.5) is 0 Å². The molecule has 1 aromatic carbocycles. The van der Waals surface area contributed by atoms with Crippen LogP contribution in [0.15, 0.2) is 44.7 Å². The smallest absolute Gasteiger partial charge is 0.332 e. The normalized spacial score (nSPS) is 15.1. The fourth-order valence-electron chi connectivity index (χ4n) is 4.84. The first-order valence-electron chi connectivity index (χ1n) is 10.9. The van der Waals surface area contributed by atoms with Crippen LogP contribution in [-0.4, -0.2) is 28.2 Å². The van der Waals surface area contributed by atoms with E-state index >= 15 is 0 Å². The van der Waals surface area contributed by atoms with E-state index in [1.54, 1.807) is 4.57 Å². The van der Waals surface area contributed by atoms with Crippen LogP contribution >= 0.6 is 0 Å². The van der Waals surface area contributed by atoms with Gasteiger partial charge in [0.2, 0.25) is 11.7 Å². The molecule has 0 unspecified atom stereocenters. The lowest BCUT2D eigenvalue weighted by molar-refractivity contribution is 0.310. The summed E-state index contributed by atoms with van der Waals surface area (Å²) in [4.78, 5) is 43.7. The molecule has 9 heteroatoms. The Morgan fingerprint density at radius 2 is 1.66 bits per heavy atom. The first kappa shape index (κ1) is 20.3. The van der Waals surface area contributed by atoms with Gasteiger partial charge < -0.3 is 5.11 Å². The fraction of sp³-hybridized carbons (Fsp3) is 0.391. The number of fused-ring (bicyclic) bond motifs is 3. The third-order valence-electron chi connectivity index (χ3n) is 6.58. The summed E-state index contributed by atoms with van der Waals surface area (Å²) < 4.78 is 5.22. The molecule has 3 heterocycles. The van der Waals surface area contributed by atoms with Gasteiger partial charge in [0.05, 0.1) is 5.56 Å². The van der Waals surface area contributed by atoms with Gasteiger partial charge in [0.25, 0.3) is 11.1 Å². The van der Waals surface area contributed by atoms with Gasteiger partial charge in [0.15, 0.2) is 11.2 Å². The first-order valence-corrected chi connectivity index (χ1v) is 10.9. The molecule has 5 rings (SSSR count). The Balaban J connectivity index is 1.93. The summed E-state index contributed by atoms with van der Waals surface area (Å²) in [7, 11) is 2.91. The van der Waals surface area contributed by atoms with E-state index in [1.165, 1.54) is 23.1 Å². The van der Waals surface area contributed by atoms with Crippen LogP contribution in [0.1, 0.15) is 49.3 Å². The Bertz CT molecular complexity index is 1520. The molecule has 0 radical (unpaired) electrons. The van der Waals surface area contributed by atoms with Gasteiger partial charge in [0, 0.05) is 26.6 Å². The average molecular weight is 435 g/mol. The van der Waals surface area contributed by atoms with Crippen molar-refractivity contribution in [2.45, 2.75) is 44.6 Å². The van der Waals surface area contributed by atoms with Crippen molar-refractivity contribution in [2.24, 2.45) is 14.1 Å². The summed E-state index contributed by atoms with van der Waals surface area (Å²) in [5, 5.41) is 11.3. The zero-order valence-electron chi connectivity index (χ0n) is 18.1. The number of aromatic nitrogens is 5. The summed E-state index contributed by atoms with van der Waals surface area (Å²) in [6.45, 7) is 0. The molecule has 1 N–H and O–H groups in total. The van der Waals surface area contributed by atoms with E-state index in [-0.39, 0.29) is 40.8 Å². The number of imidazole rings is 1. The molecule has 0 bridgehead atoms. The molecule has 0 spiro atoms. The van der Waals surface area contributed by atoms with Crippen LogP contribution in [0.2, 0.25) is 0 Å². The third kappa shape index (κ3) is 2.91. The van der Waals surface area contributed by atoms with Crippen molar-refractivity contribution in [3.63, 3.8) is 0 Å². The topological polar surface area (TPSA) is 104 Å². The molecule has 0 amide bonds. The Labute approximate surface area is 182 Å². The number of nitrogens with zero attached hydrogens (tertiary/aromatic N) is 5. The maximum Gasteiger partial charge on any atom is 0.332 e. The van der Waals surface area contributed by atoms with Gasteiger partial charge in [-0.1, -0.05) is 49.6 Å². The zero-order valence-corrected chi connectivity index (χ0v) is 18.1. The Kier molecular flexibility index (Phi) is 4.76. The van der Waals surface area contributed by atoms with Crippen LogP contribution < -0.4 is 16.8 Å². The zero-order chi connectivity index (χ0) is 22.6. The van der Waals surface area contributed by atoms with Crippen molar-refractivity contribution >= 4 is 16.9 Å². The molecule has 166 valence electrons. The monoisotopic (exact) mass is 435 g/mol. The minimum Gasteiger partial charge on any atom is -0.494 e. The van der Waals surface area contributed by atoms with Crippen LogP contribution in [0.25, 0.3) is 16.9 Å². The molecule has 1 aliphatic rings. The largest absolute Gasteiger partial charge is 0.494 e. The predicted molar refractivity (Wildman–Crippen MR) is 120 cm³/mol. The Hall–Kier alpha value is -3.62. The maximum absolute atomic E-state index is 13.6. The molecule has 0 saturated heterocycles. The summed E-state index contributed by atoms with van der Waals surface area (Å²) in [5.74, 6) is 0.0832. The van der Waals surface area contributed by atoms with Crippen LogP contribution in [0, 0.1) is 0 Å². The van der Waals surface area contributed by atoms with Gasteiger partial charge in [-0.3, -0.25) is 23.3 Å². The standard InChI is InChI=1S/C23H25N5O4/c1-25-18-17(21(31)26(2)23(25)32)28-20(30)16(13-14-9-5-3-6-10-14)19(29)27(22(28)24-18)15-11-7-4-8-12-15/h3,5-6,9-10,15,29H,4,7-8,11-13H2,1-2H3. The highest BCUT2D eigenvalue weighted by atomic mass is 16.3. The summed E-state index contributed by atoms with van der Waals surface area (Å²) in [5.41, 5.74) is -0.324. The molecule has 3 aromatic heterocycles. The van der Waals surface area contributed by atoms with Crippen LogP contribution in [-0.2, 0) is 20.5 Å². The van der Waals surface area contributed by atoms with E-state index in [1.807, 2.05) is 30.3 Å². The van der Waals surface area contributed by atoms with E-state index in [2.05, 4.69) is 4.98 Å². The summed E-state index contributed by atoms with van der Waals surface area (Å²) >= 11 is 0. The van der Waals surface area contributed by atoms with Gasteiger partial charge in [0.1, 0.15) is 0 Å². The molecule has 1 aliphatic carbocycles. The van der Waals surface area contributed by atoms with Crippen molar-refractivity contribution in [1.29, 1.82) is 0 Å². The van der Waals surface area contributed by atoms with Crippen molar-refractivity contribution < 1.29 is 5.11 Å². The van der Waals surface area contributed by atoms with Crippen molar-refractivity contribution in [3.8, 4) is 5.88 Å². The molecular formula is C23H25N5O4. The van der Waals surface area contributed by atoms with Gasteiger partial charge in [-0.05, 0) is 18.4 Å². The second kappa shape index (κ2) is 7.51. The molecule has 9 nitrogen and oxygen atoms in total. The Morgan fingerprint density at radius 1 is 0.969 bits per heavy atom. The lowest BCUT2D eigenvalue weighted by Crippen LogP contribution is -2.38. The van der Waals surface area contributed by atoms with Crippen LogP contribution in [0.5, 0.6) is 5.88 Å². The number of hydrogen-bond donors (Lipinski definition) is 1. The number of aromatic hydroxyl groups is 1. The molecule has 32 heavy (non-hydrogen) atoms. The SMILES string of the molecule is Cn1c(=O)c2c(nc3n(C4CCCCC4)c(O)c(Cc4ccccc4)c(=O)n23)n(C)c1=O. The molecule has 1 saturated carbocycles. The predicted octanol–water partition coefficient (Wildman–Crippen LogP) is 1.85. The lowest BCUT2D eigenvalue weighted by atomic mass is 9.95. The minimum atomic E-state index is -0.584. The summed E-state index contributed by atoms with van der Waals surface area (Å²) in [6.07, 6.45) is 5.05. The van der Waals surface area contributed by atoms with Gasteiger partial charge in [-0.25, -0.2) is 9.20 Å². The highest BCUT2D eigenvalue weighted by Crippen LogP contribution is 2.34. The highest BCUT2D eigenvalue weighted by molar-refractivity contribution is 5.75. The first-order chi connectivity index (χ1) is 15.4. The molecule has 0 aliphatic heterocycles. The summed E-state index contributed by atoms with van der Waals surface area (Å²) in [6, 6.07) is 9.39. The van der Waals surface area contributed by atoms with Crippen molar-refractivity contribution in [1.82, 2.24) is 23.1 Å². The second-order valence-corrected chi connectivity index (χ2v) is 8.56. The van der Waals surface area contributed by atoms with E-state index in [4.69, 9.17) is 0 Å². The van der Waals surface area contributed by atoms with E-state index in [0.717, 1.165) is 42.2 Å². The van der Waals surface area contributed by atoms with E-state index in [9.17, 15) is 19.5 Å². The highest BCUT2D eigenvalue weighted by Gasteiger charge is 2.28. The second-order valence-electron chi connectivity index (χ2n) is 8.56. The fourth-order valence-corrected chi connectivity index (χ4v) is 4.84. The molecular weight excluding hydrogens is 410 g/mol. The molecule has 0 atom stereocenters. The van der Waals surface area contributed by atoms with Crippen LogP contribution in [0.3, 0.4) is 0 Å². The Morgan fingerprint density at radius 3 is 2.34 bits per heavy atom. The van der Waals surface area contributed by atoms with Gasteiger partial charge in [-0.15, -0.1) is 0 Å². The van der Waals surface area contributed by atoms with Crippen molar-refractivity contribution in [3.05, 3.63) is 72.7 Å². The average Bonchev–Trinajstić information content (AvgIpc) is 3.21. The van der Waals surface area contributed by atoms with Gasteiger partial charge >= 0.3 is 5.69 Å². The minimum absolute atomic E-state index is 0.0425. The number of benzene rings is 1. The van der Waals surface area contributed by atoms with Crippen molar-refractivity contribution in [2.75, 3.05) is 0 Å². The number of aryl methyl sites for hydroxylation is 1. The third-order valence-corrected chi connectivity index (χ3v) is 6.58. The lowest BCUT2D eigenvalue weighted by Gasteiger charge is -2.26.